The van der Waals surface area contributed by atoms with Crippen molar-refractivity contribution in [3.63, 3.8) is 0 Å². The van der Waals surface area contributed by atoms with Gasteiger partial charge < -0.3 is 10.1 Å². The lowest BCUT2D eigenvalue weighted by molar-refractivity contribution is 0.398. The average molecular weight is 282 g/mol. The lowest BCUT2D eigenvalue weighted by atomic mass is 10.0. The predicted molar refractivity (Wildman–Crippen MR) is 68.0 cm³/mol. The molecular formula is C14H13F3N2O. The number of methoxy groups -OCH3 is 1. The fourth-order valence-corrected chi connectivity index (χ4v) is 2.04. The van der Waals surface area contributed by atoms with Gasteiger partial charge in [0.15, 0.2) is 0 Å². The summed E-state index contributed by atoms with van der Waals surface area (Å²) >= 11 is 0. The molecule has 0 aliphatic carbocycles. The summed E-state index contributed by atoms with van der Waals surface area (Å²) in [6, 6.07) is 3.67. The van der Waals surface area contributed by atoms with Gasteiger partial charge in [0, 0.05) is 23.9 Å². The molecule has 1 aromatic heterocycles. The third-order valence-electron chi connectivity index (χ3n) is 2.91. The summed E-state index contributed by atoms with van der Waals surface area (Å²) in [5, 5.41) is 2.77. The Kier molecular flexibility index (Phi) is 4.24. The number of benzene rings is 1. The van der Waals surface area contributed by atoms with Gasteiger partial charge in [-0.15, -0.1) is 0 Å². The van der Waals surface area contributed by atoms with E-state index in [4.69, 9.17) is 4.74 Å². The monoisotopic (exact) mass is 282 g/mol. The van der Waals surface area contributed by atoms with Crippen molar-refractivity contribution in [2.75, 3.05) is 14.2 Å². The lowest BCUT2D eigenvalue weighted by Gasteiger charge is -2.19. The van der Waals surface area contributed by atoms with Crippen LogP contribution in [0.25, 0.3) is 0 Å². The second kappa shape index (κ2) is 5.92. The second-order valence-electron chi connectivity index (χ2n) is 4.10. The van der Waals surface area contributed by atoms with Crippen LogP contribution in [0, 0.1) is 17.5 Å². The largest absolute Gasteiger partial charge is 0.495 e. The Morgan fingerprint density at radius 2 is 1.85 bits per heavy atom. The van der Waals surface area contributed by atoms with Gasteiger partial charge in [-0.2, -0.15) is 0 Å². The van der Waals surface area contributed by atoms with Crippen molar-refractivity contribution in [2.45, 2.75) is 6.04 Å². The zero-order chi connectivity index (χ0) is 14.7. The fraction of sp³-hybridized carbons (Fsp3) is 0.214. The molecule has 0 bridgehead atoms. The number of aromatic nitrogens is 1. The van der Waals surface area contributed by atoms with E-state index in [1.165, 1.54) is 20.4 Å². The summed E-state index contributed by atoms with van der Waals surface area (Å²) < 4.78 is 45.9. The van der Waals surface area contributed by atoms with Crippen molar-refractivity contribution >= 4 is 0 Å². The van der Waals surface area contributed by atoms with E-state index in [2.05, 4.69) is 10.3 Å². The van der Waals surface area contributed by atoms with Crippen LogP contribution in [0.3, 0.4) is 0 Å². The highest BCUT2D eigenvalue weighted by Crippen LogP contribution is 2.31. The molecule has 0 amide bonds. The van der Waals surface area contributed by atoms with Crippen LogP contribution in [0.5, 0.6) is 5.75 Å². The molecule has 1 aromatic carbocycles. The Bertz CT molecular complexity index is 596. The summed E-state index contributed by atoms with van der Waals surface area (Å²) in [7, 11) is 2.96. The summed E-state index contributed by atoms with van der Waals surface area (Å²) in [5.74, 6) is -2.54. The van der Waals surface area contributed by atoms with E-state index in [0.717, 1.165) is 0 Å². The zero-order valence-corrected chi connectivity index (χ0v) is 11.0. The maximum Gasteiger partial charge on any atom is 0.142 e. The standard InChI is InChI=1S/C14H13F3N2O/c1-18-14(13-11(20-2)4-3-5-19-13)12-9(16)6-8(15)7-10(12)17/h3-7,14,18H,1-2H3. The van der Waals surface area contributed by atoms with Crippen LogP contribution in [-0.4, -0.2) is 19.1 Å². The van der Waals surface area contributed by atoms with Crippen LogP contribution in [0.15, 0.2) is 30.5 Å². The number of nitrogens with one attached hydrogen (secondary N) is 1. The van der Waals surface area contributed by atoms with Crippen molar-refractivity contribution in [1.29, 1.82) is 0 Å². The first-order chi connectivity index (χ1) is 9.58. The molecule has 0 saturated heterocycles. The summed E-state index contributed by atoms with van der Waals surface area (Å²) in [6.07, 6.45) is 1.49. The maximum absolute atomic E-state index is 13.9. The number of halogens is 3. The summed E-state index contributed by atoms with van der Waals surface area (Å²) in [5.41, 5.74) is 0.0211. The number of rotatable bonds is 4. The van der Waals surface area contributed by atoms with E-state index < -0.39 is 23.5 Å². The quantitative estimate of drug-likeness (QED) is 0.936. The van der Waals surface area contributed by atoms with E-state index in [1.54, 1.807) is 12.1 Å². The summed E-state index contributed by atoms with van der Waals surface area (Å²) in [6.45, 7) is 0. The molecule has 0 spiro atoms. The Hall–Kier alpha value is -2.08. The van der Waals surface area contributed by atoms with Crippen LogP contribution >= 0.6 is 0 Å². The SMILES string of the molecule is CNC(c1ncccc1OC)c1c(F)cc(F)cc1F. The van der Waals surface area contributed by atoms with Crippen molar-refractivity contribution in [1.82, 2.24) is 10.3 Å². The Balaban J connectivity index is 2.59. The van der Waals surface area contributed by atoms with Gasteiger partial charge in [0.05, 0.1) is 13.2 Å². The molecule has 1 unspecified atom stereocenters. The third kappa shape index (κ3) is 2.60. The van der Waals surface area contributed by atoms with Crippen molar-refractivity contribution in [3.05, 3.63) is 59.2 Å². The van der Waals surface area contributed by atoms with E-state index in [1.807, 2.05) is 0 Å². The first-order valence-electron chi connectivity index (χ1n) is 5.89. The number of pyridine rings is 1. The van der Waals surface area contributed by atoms with Gasteiger partial charge >= 0.3 is 0 Å². The Morgan fingerprint density at radius 1 is 1.20 bits per heavy atom. The molecule has 2 rings (SSSR count). The Labute approximate surface area is 114 Å². The second-order valence-corrected chi connectivity index (χ2v) is 4.10. The maximum atomic E-state index is 13.9. The minimum Gasteiger partial charge on any atom is -0.495 e. The zero-order valence-electron chi connectivity index (χ0n) is 11.0. The van der Waals surface area contributed by atoms with Gasteiger partial charge in [-0.25, -0.2) is 13.2 Å². The van der Waals surface area contributed by atoms with Gasteiger partial charge in [-0.3, -0.25) is 4.98 Å². The molecule has 106 valence electrons. The molecule has 0 aliphatic heterocycles. The molecule has 1 atom stereocenters. The molecule has 2 aromatic rings. The van der Waals surface area contributed by atoms with Crippen LogP contribution in [-0.2, 0) is 0 Å². The number of hydrogen-bond donors (Lipinski definition) is 1. The molecule has 0 saturated carbocycles. The van der Waals surface area contributed by atoms with E-state index in [9.17, 15) is 13.2 Å². The number of hydrogen-bond acceptors (Lipinski definition) is 3. The molecule has 1 N–H and O–H groups in total. The van der Waals surface area contributed by atoms with Gasteiger partial charge in [-0.05, 0) is 19.2 Å². The van der Waals surface area contributed by atoms with Crippen LogP contribution < -0.4 is 10.1 Å². The molecule has 0 radical (unpaired) electrons. The van der Waals surface area contributed by atoms with Crippen LogP contribution in [0.2, 0.25) is 0 Å². The number of nitrogens with zero attached hydrogens (tertiary/aromatic N) is 1. The minimum atomic E-state index is -0.977. The van der Waals surface area contributed by atoms with Gasteiger partial charge in [-0.1, -0.05) is 0 Å². The van der Waals surface area contributed by atoms with Crippen molar-refractivity contribution in [2.24, 2.45) is 0 Å². The molecule has 0 aliphatic rings. The Morgan fingerprint density at radius 3 is 2.40 bits per heavy atom. The third-order valence-corrected chi connectivity index (χ3v) is 2.91. The fourth-order valence-electron chi connectivity index (χ4n) is 2.04. The molecule has 0 fully saturated rings. The highest BCUT2D eigenvalue weighted by Gasteiger charge is 2.25. The van der Waals surface area contributed by atoms with Crippen molar-refractivity contribution < 1.29 is 17.9 Å². The smallest absolute Gasteiger partial charge is 0.142 e. The van der Waals surface area contributed by atoms with E-state index in [0.29, 0.717) is 23.6 Å². The van der Waals surface area contributed by atoms with Crippen molar-refractivity contribution in [3.8, 4) is 5.75 Å². The van der Waals surface area contributed by atoms with E-state index in [-0.39, 0.29) is 5.56 Å². The van der Waals surface area contributed by atoms with E-state index >= 15 is 0 Å². The molecular weight excluding hydrogens is 269 g/mol. The minimum absolute atomic E-state index is 0.300. The topological polar surface area (TPSA) is 34.2 Å². The highest BCUT2D eigenvalue weighted by molar-refractivity contribution is 5.38. The normalized spacial score (nSPS) is 12.2. The van der Waals surface area contributed by atoms with Gasteiger partial charge in [0.25, 0.3) is 0 Å². The first-order valence-corrected chi connectivity index (χ1v) is 5.89. The molecule has 1 heterocycles. The van der Waals surface area contributed by atoms with Crippen LogP contribution in [0.1, 0.15) is 17.3 Å². The first kappa shape index (κ1) is 14.3. The average Bonchev–Trinajstić information content (AvgIpc) is 2.42. The lowest BCUT2D eigenvalue weighted by Crippen LogP contribution is -2.22. The van der Waals surface area contributed by atoms with Gasteiger partial charge in [0.2, 0.25) is 0 Å². The molecule has 6 heteroatoms. The summed E-state index contributed by atoms with van der Waals surface area (Å²) in [4.78, 5) is 4.09. The molecule has 3 nitrogen and oxygen atoms in total. The highest BCUT2D eigenvalue weighted by atomic mass is 19.1. The van der Waals surface area contributed by atoms with Gasteiger partial charge in [0.1, 0.15) is 28.9 Å². The van der Waals surface area contributed by atoms with Crippen LogP contribution in [0.4, 0.5) is 13.2 Å². The predicted octanol–water partition coefficient (Wildman–Crippen LogP) is 2.82. The number of ether oxygens (including phenoxy) is 1. The molecule has 20 heavy (non-hydrogen) atoms.